The summed E-state index contributed by atoms with van der Waals surface area (Å²) in [5.41, 5.74) is 2.79. The summed E-state index contributed by atoms with van der Waals surface area (Å²) in [5.74, 6) is -0.118. The van der Waals surface area contributed by atoms with Crippen LogP contribution in [0.15, 0.2) is 88.2 Å². The summed E-state index contributed by atoms with van der Waals surface area (Å²) < 4.78 is 33.3. The van der Waals surface area contributed by atoms with Gasteiger partial charge in [0.1, 0.15) is 5.58 Å². The SMILES string of the molecule is O=C(Nc1ccc2c(c1)CCCN2S(=O)(=O)c1ccccc1)c1cc2ccccc2o1. The van der Waals surface area contributed by atoms with E-state index >= 15 is 0 Å². The first-order valence-corrected chi connectivity index (χ1v) is 11.5. The molecule has 7 heteroatoms. The molecule has 1 aliphatic heterocycles. The molecule has 31 heavy (non-hydrogen) atoms. The van der Waals surface area contributed by atoms with Gasteiger partial charge in [0.25, 0.3) is 15.9 Å². The van der Waals surface area contributed by atoms with Crippen molar-refractivity contribution in [2.45, 2.75) is 17.7 Å². The van der Waals surface area contributed by atoms with E-state index in [9.17, 15) is 13.2 Å². The van der Waals surface area contributed by atoms with Crippen molar-refractivity contribution in [1.82, 2.24) is 0 Å². The second-order valence-electron chi connectivity index (χ2n) is 7.44. The van der Waals surface area contributed by atoms with Gasteiger partial charge in [-0.25, -0.2) is 8.42 Å². The van der Waals surface area contributed by atoms with Gasteiger partial charge in [-0.05, 0) is 60.9 Å². The molecule has 0 saturated heterocycles. The molecule has 0 spiro atoms. The Hall–Kier alpha value is -3.58. The Bertz CT molecular complexity index is 1340. The van der Waals surface area contributed by atoms with Gasteiger partial charge in [-0.2, -0.15) is 0 Å². The van der Waals surface area contributed by atoms with E-state index in [1.54, 1.807) is 48.5 Å². The minimum absolute atomic E-state index is 0.229. The molecule has 0 atom stereocenters. The van der Waals surface area contributed by atoms with Crippen LogP contribution in [0.25, 0.3) is 11.0 Å². The van der Waals surface area contributed by atoms with Crippen LogP contribution < -0.4 is 9.62 Å². The number of fused-ring (bicyclic) bond motifs is 2. The zero-order chi connectivity index (χ0) is 21.4. The number of carbonyl (C=O) groups excluding carboxylic acids is 1. The van der Waals surface area contributed by atoms with E-state index in [1.165, 1.54) is 4.31 Å². The van der Waals surface area contributed by atoms with Crippen molar-refractivity contribution in [2.75, 3.05) is 16.2 Å². The van der Waals surface area contributed by atoms with Gasteiger partial charge in [-0.3, -0.25) is 9.10 Å². The summed E-state index contributed by atoms with van der Waals surface area (Å²) in [6.45, 7) is 0.426. The van der Waals surface area contributed by atoms with Crippen molar-refractivity contribution in [2.24, 2.45) is 0 Å². The van der Waals surface area contributed by atoms with Crippen molar-refractivity contribution < 1.29 is 17.6 Å². The molecule has 0 aliphatic carbocycles. The van der Waals surface area contributed by atoms with Crippen LogP contribution in [0.5, 0.6) is 0 Å². The van der Waals surface area contributed by atoms with E-state index in [0.29, 0.717) is 29.9 Å². The van der Waals surface area contributed by atoms with Crippen LogP contribution in [0.4, 0.5) is 11.4 Å². The second kappa shape index (κ2) is 7.59. The molecule has 3 aromatic carbocycles. The number of nitrogens with one attached hydrogen (secondary N) is 1. The molecule has 1 N–H and O–H groups in total. The molecular weight excluding hydrogens is 412 g/mol. The Morgan fingerprint density at radius 1 is 0.935 bits per heavy atom. The highest BCUT2D eigenvalue weighted by Gasteiger charge is 2.29. The van der Waals surface area contributed by atoms with Gasteiger partial charge in [0.15, 0.2) is 5.76 Å². The van der Waals surface area contributed by atoms with Crippen molar-refractivity contribution in [3.8, 4) is 0 Å². The lowest BCUT2D eigenvalue weighted by Gasteiger charge is -2.30. The van der Waals surface area contributed by atoms with Crippen molar-refractivity contribution in [3.05, 3.63) is 90.2 Å². The predicted octanol–water partition coefficient (Wildman–Crippen LogP) is 4.83. The molecule has 0 radical (unpaired) electrons. The summed E-state index contributed by atoms with van der Waals surface area (Å²) in [7, 11) is -3.64. The Morgan fingerprint density at radius 2 is 1.71 bits per heavy atom. The molecule has 5 rings (SSSR count). The Kier molecular flexibility index (Phi) is 4.75. The molecule has 1 amide bonds. The van der Waals surface area contributed by atoms with E-state index in [0.717, 1.165) is 17.4 Å². The molecule has 1 aromatic heterocycles. The maximum absolute atomic E-state index is 13.1. The molecule has 0 bridgehead atoms. The normalized spacial score (nSPS) is 13.7. The van der Waals surface area contributed by atoms with Gasteiger partial charge < -0.3 is 9.73 Å². The van der Waals surface area contributed by atoms with Crippen LogP contribution in [-0.2, 0) is 16.4 Å². The first kappa shape index (κ1) is 19.4. The molecular formula is C24H20N2O4S. The van der Waals surface area contributed by atoms with Crippen LogP contribution in [0.1, 0.15) is 22.5 Å². The fraction of sp³-hybridized carbons (Fsp3) is 0.125. The highest BCUT2D eigenvalue weighted by atomic mass is 32.2. The topological polar surface area (TPSA) is 79.6 Å². The van der Waals surface area contributed by atoms with Crippen LogP contribution in [0.3, 0.4) is 0 Å². The number of nitrogens with zero attached hydrogens (tertiary/aromatic N) is 1. The molecule has 6 nitrogen and oxygen atoms in total. The average molecular weight is 433 g/mol. The summed E-state index contributed by atoms with van der Waals surface area (Å²) in [6, 6.07) is 22.9. The summed E-state index contributed by atoms with van der Waals surface area (Å²) in [6.07, 6.45) is 1.45. The zero-order valence-electron chi connectivity index (χ0n) is 16.6. The minimum atomic E-state index is -3.64. The lowest BCUT2D eigenvalue weighted by atomic mass is 10.0. The number of amides is 1. The average Bonchev–Trinajstić information content (AvgIpc) is 3.24. The van der Waals surface area contributed by atoms with E-state index in [4.69, 9.17) is 4.42 Å². The van der Waals surface area contributed by atoms with E-state index in [2.05, 4.69) is 5.32 Å². The number of para-hydroxylation sites is 1. The fourth-order valence-corrected chi connectivity index (χ4v) is 5.46. The maximum atomic E-state index is 13.1. The predicted molar refractivity (Wildman–Crippen MR) is 120 cm³/mol. The number of aryl methyl sites for hydroxylation is 1. The smallest absolute Gasteiger partial charge is 0.291 e. The third-order valence-electron chi connectivity index (χ3n) is 5.39. The first-order valence-electron chi connectivity index (χ1n) is 10.0. The molecule has 0 saturated carbocycles. The Labute approximate surface area is 180 Å². The van der Waals surface area contributed by atoms with Crippen LogP contribution >= 0.6 is 0 Å². The van der Waals surface area contributed by atoms with Gasteiger partial charge >= 0.3 is 0 Å². The second-order valence-corrected chi connectivity index (χ2v) is 9.30. The van der Waals surface area contributed by atoms with Crippen molar-refractivity contribution in [3.63, 3.8) is 0 Å². The summed E-state index contributed by atoms with van der Waals surface area (Å²) in [4.78, 5) is 12.9. The summed E-state index contributed by atoms with van der Waals surface area (Å²) in [5, 5.41) is 3.71. The van der Waals surface area contributed by atoms with Crippen LogP contribution in [-0.4, -0.2) is 20.9 Å². The molecule has 0 unspecified atom stereocenters. The lowest BCUT2D eigenvalue weighted by molar-refractivity contribution is 0.0998. The van der Waals surface area contributed by atoms with Gasteiger partial charge in [0.05, 0.1) is 10.6 Å². The quantitative estimate of drug-likeness (QED) is 0.501. The maximum Gasteiger partial charge on any atom is 0.291 e. The number of hydrogen-bond acceptors (Lipinski definition) is 4. The van der Waals surface area contributed by atoms with E-state index in [1.807, 2.05) is 30.3 Å². The van der Waals surface area contributed by atoms with Gasteiger partial charge in [-0.15, -0.1) is 0 Å². The molecule has 4 aromatic rings. The number of benzene rings is 3. The van der Waals surface area contributed by atoms with Gasteiger partial charge in [0, 0.05) is 17.6 Å². The highest BCUT2D eigenvalue weighted by Crippen LogP contribution is 2.34. The standard InChI is InChI=1S/C24H20N2O4S/c27-24(23-16-18-7-4-5-11-22(18)30-23)25-19-12-13-21-17(15-19)8-6-14-26(21)31(28,29)20-9-2-1-3-10-20/h1-5,7,9-13,15-16H,6,8,14H2,(H,25,27). The first-order chi connectivity index (χ1) is 15.0. The highest BCUT2D eigenvalue weighted by molar-refractivity contribution is 7.92. The monoisotopic (exact) mass is 432 g/mol. The summed E-state index contributed by atoms with van der Waals surface area (Å²) >= 11 is 0. The lowest BCUT2D eigenvalue weighted by Crippen LogP contribution is -2.35. The fourth-order valence-electron chi connectivity index (χ4n) is 3.90. The molecule has 156 valence electrons. The third kappa shape index (κ3) is 3.57. The Balaban J connectivity index is 1.42. The van der Waals surface area contributed by atoms with E-state index in [-0.39, 0.29) is 16.6 Å². The number of furan rings is 1. The molecule has 1 aliphatic rings. The number of anilines is 2. The zero-order valence-corrected chi connectivity index (χ0v) is 17.4. The van der Waals surface area contributed by atoms with Crippen molar-refractivity contribution >= 4 is 38.3 Å². The Morgan fingerprint density at radius 3 is 2.52 bits per heavy atom. The number of hydrogen-bond donors (Lipinski definition) is 1. The largest absolute Gasteiger partial charge is 0.451 e. The number of carbonyl (C=O) groups is 1. The molecule has 2 heterocycles. The van der Waals surface area contributed by atoms with Crippen LogP contribution in [0, 0.1) is 0 Å². The van der Waals surface area contributed by atoms with E-state index < -0.39 is 10.0 Å². The third-order valence-corrected chi connectivity index (χ3v) is 7.22. The number of rotatable bonds is 4. The van der Waals surface area contributed by atoms with Gasteiger partial charge in [-0.1, -0.05) is 36.4 Å². The number of sulfonamides is 1. The van der Waals surface area contributed by atoms with Crippen molar-refractivity contribution in [1.29, 1.82) is 0 Å². The van der Waals surface area contributed by atoms with Gasteiger partial charge in [0.2, 0.25) is 0 Å². The molecule has 0 fully saturated rings. The minimum Gasteiger partial charge on any atom is -0.451 e. The van der Waals surface area contributed by atoms with Crippen LogP contribution in [0.2, 0.25) is 0 Å².